The number of benzene rings is 1. The quantitative estimate of drug-likeness (QED) is 0.615. The van der Waals surface area contributed by atoms with Gasteiger partial charge in [0.05, 0.1) is 5.52 Å². The molecule has 1 aromatic carbocycles. The van der Waals surface area contributed by atoms with Gasteiger partial charge in [-0.1, -0.05) is 0 Å². The molecule has 0 bridgehead atoms. The zero-order valence-electron chi connectivity index (χ0n) is 7.71. The molecule has 2 heteroatoms. The number of fused-ring (bicyclic) bond motifs is 1. The molecule has 0 aliphatic carbocycles. The second-order valence-electron chi connectivity index (χ2n) is 3.20. The molecular formula is C12H8FN. The molecule has 0 fully saturated rings. The van der Waals surface area contributed by atoms with E-state index in [1.54, 1.807) is 6.07 Å². The molecule has 0 aliphatic heterocycles. The molecule has 0 saturated heterocycles. The minimum atomic E-state index is -0.325. The fourth-order valence-electron chi connectivity index (χ4n) is 1.44. The maximum Gasteiger partial charge on any atom is 0.125 e. The van der Waals surface area contributed by atoms with Crippen molar-refractivity contribution >= 4 is 10.9 Å². The maximum atomic E-state index is 12.9. The summed E-state index contributed by atoms with van der Waals surface area (Å²) in [6.45, 7) is 13.1. The molecule has 0 aliphatic rings. The van der Waals surface area contributed by atoms with E-state index in [1.807, 2.05) is 6.92 Å². The molecule has 0 N–H and O–H groups in total. The largest absolute Gasteiger partial charge is 0.252 e. The van der Waals surface area contributed by atoms with Gasteiger partial charge in [-0.15, -0.1) is 0 Å². The average Bonchev–Trinajstić information content (AvgIpc) is 2.14. The lowest BCUT2D eigenvalue weighted by molar-refractivity contribution is 0.629. The van der Waals surface area contributed by atoms with Crippen LogP contribution < -0.4 is 0 Å². The van der Waals surface area contributed by atoms with Crippen LogP contribution in [-0.4, -0.2) is 4.98 Å². The standard InChI is InChI=1S/C12H8FN/c1-7-8(2)11-5-4-10(13)6-12(11)14-9(7)3/h1,3-6H,2H3. The van der Waals surface area contributed by atoms with Crippen molar-refractivity contribution in [1.29, 1.82) is 0 Å². The predicted octanol–water partition coefficient (Wildman–Crippen LogP) is 2.80. The first-order valence-corrected chi connectivity index (χ1v) is 4.20. The van der Waals surface area contributed by atoms with Gasteiger partial charge < -0.3 is 0 Å². The number of pyridine rings is 1. The van der Waals surface area contributed by atoms with Gasteiger partial charge in [-0.3, -0.25) is 4.98 Å². The summed E-state index contributed by atoms with van der Waals surface area (Å²) < 4.78 is 12.9. The van der Waals surface area contributed by atoms with Crippen LogP contribution in [0.3, 0.4) is 0 Å². The monoisotopic (exact) mass is 185 g/mol. The van der Waals surface area contributed by atoms with Crippen LogP contribution in [0.4, 0.5) is 4.39 Å². The summed E-state index contributed by atoms with van der Waals surface area (Å²) in [7, 11) is 0. The highest BCUT2D eigenvalue weighted by molar-refractivity contribution is 5.83. The third-order valence-corrected chi connectivity index (χ3v) is 2.28. The summed E-state index contributed by atoms with van der Waals surface area (Å²) >= 11 is 0. The lowest BCUT2D eigenvalue weighted by Gasteiger charge is -2.07. The molecule has 4 radical (unpaired) electrons. The third-order valence-electron chi connectivity index (χ3n) is 2.28. The summed E-state index contributed by atoms with van der Waals surface area (Å²) in [4.78, 5) is 4.01. The lowest BCUT2D eigenvalue weighted by atomic mass is 10.0. The summed E-state index contributed by atoms with van der Waals surface area (Å²) in [6.07, 6.45) is 0. The topological polar surface area (TPSA) is 12.9 Å². The van der Waals surface area contributed by atoms with Gasteiger partial charge in [-0.05, 0) is 30.2 Å². The van der Waals surface area contributed by atoms with Crippen molar-refractivity contribution in [1.82, 2.24) is 4.98 Å². The van der Waals surface area contributed by atoms with E-state index >= 15 is 0 Å². The first-order valence-electron chi connectivity index (χ1n) is 4.20. The van der Waals surface area contributed by atoms with Crippen molar-refractivity contribution in [2.45, 2.75) is 6.92 Å². The minimum absolute atomic E-state index is 0.251. The van der Waals surface area contributed by atoms with Gasteiger partial charge in [0.25, 0.3) is 0 Å². The van der Waals surface area contributed by atoms with E-state index in [-0.39, 0.29) is 11.5 Å². The lowest BCUT2D eigenvalue weighted by Crippen LogP contribution is -1.93. The van der Waals surface area contributed by atoms with E-state index in [9.17, 15) is 4.39 Å². The molecule has 0 amide bonds. The number of rotatable bonds is 0. The van der Waals surface area contributed by atoms with E-state index in [0.29, 0.717) is 11.1 Å². The molecule has 1 nitrogen and oxygen atoms in total. The molecule has 68 valence electrons. The second-order valence-corrected chi connectivity index (χ2v) is 3.20. The van der Waals surface area contributed by atoms with Crippen LogP contribution in [0.1, 0.15) is 16.8 Å². The van der Waals surface area contributed by atoms with Gasteiger partial charge >= 0.3 is 0 Å². The van der Waals surface area contributed by atoms with E-state index in [1.165, 1.54) is 12.1 Å². The molecule has 0 atom stereocenters. The van der Waals surface area contributed by atoms with Crippen LogP contribution in [0.15, 0.2) is 18.2 Å². The molecule has 1 heterocycles. The SMILES string of the molecule is [CH]c1nc2cc(F)ccc2c(C)c1[CH]. The second kappa shape index (κ2) is 3.05. The Hall–Kier alpha value is -1.44. The Kier molecular flexibility index (Phi) is 1.99. The average molecular weight is 185 g/mol. The van der Waals surface area contributed by atoms with Gasteiger partial charge in [0, 0.05) is 31.0 Å². The smallest absolute Gasteiger partial charge is 0.125 e. The summed E-state index contributed by atoms with van der Waals surface area (Å²) in [5.41, 5.74) is 2.09. The fraction of sp³-hybridized carbons (Fsp3) is 0.0833. The fourth-order valence-corrected chi connectivity index (χ4v) is 1.44. The first kappa shape index (κ1) is 9.13. The van der Waals surface area contributed by atoms with E-state index in [2.05, 4.69) is 4.98 Å². The molecule has 1 aromatic heterocycles. The highest BCUT2D eigenvalue weighted by Gasteiger charge is 2.06. The number of hydrogen-bond acceptors (Lipinski definition) is 1. The third kappa shape index (κ3) is 1.27. The number of halogens is 1. The van der Waals surface area contributed by atoms with Crippen molar-refractivity contribution in [3.8, 4) is 0 Å². The summed E-state index contributed by atoms with van der Waals surface area (Å²) in [6, 6.07) is 4.38. The Balaban J connectivity index is 2.91. The van der Waals surface area contributed by atoms with Crippen molar-refractivity contribution in [2.75, 3.05) is 0 Å². The van der Waals surface area contributed by atoms with Crippen molar-refractivity contribution in [3.05, 3.63) is 54.7 Å². The Bertz CT molecular complexity index is 503. The molecule has 0 spiro atoms. The molecular weight excluding hydrogens is 177 g/mol. The van der Waals surface area contributed by atoms with Crippen LogP contribution >= 0.6 is 0 Å². The van der Waals surface area contributed by atoms with Crippen LogP contribution in [-0.2, 0) is 0 Å². The zero-order chi connectivity index (χ0) is 10.3. The molecule has 14 heavy (non-hydrogen) atoms. The zero-order valence-corrected chi connectivity index (χ0v) is 7.71. The number of hydrogen-bond donors (Lipinski definition) is 0. The number of aryl methyl sites for hydroxylation is 1. The van der Waals surface area contributed by atoms with E-state index in [4.69, 9.17) is 13.8 Å². The highest BCUT2D eigenvalue weighted by atomic mass is 19.1. The van der Waals surface area contributed by atoms with Gasteiger partial charge in [0.15, 0.2) is 0 Å². The summed E-state index contributed by atoms with van der Waals surface area (Å²) in [5, 5.41) is 0.832. The van der Waals surface area contributed by atoms with Crippen LogP contribution in [0.25, 0.3) is 10.9 Å². The van der Waals surface area contributed by atoms with Crippen molar-refractivity contribution in [3.63, 3.8) is 0 Å². The Morgan fingerprint density at radius 2 is 2.00 bits per heavy atom. The minimum Gasteiger partial charge on any atom is -0.252 e. The number of aromatic nitrogens is 1. The Morgan fingerprint density at radius 1 is 1.29 bits per heavy atom. The van der Waals surface area contributed by atoms with Crippen LogP contribution in [0, 0.1) is 26.6 Å². The Labute approximate surface area is 82.6 Å². The number of nitrogens with zero attached hydrogens (tertiary/aromatic N) is 1. The Morgan fingerprint density at radius 3 is 2.71 bits per heavy atom. The molecule has 2 rings (SSSR count). The highest BCUT2D eigenvalue weighted by Crippen LogP contribution is 2.22. The van der Waals surface area contributed by atoms with Crippen molar-refractivity contribution in [2.24, 2.45) is 0 Å². The van der Waals surface area contributed by atoms with Gasteiger partial charge in [0.1, 0.15) is 5.82 Å². The summed E-state index contributed by atoms with van der Waals surface area (Å²) in [5.74, 6) is -0.325. The predicted molar refractivity (Wildman–Crippen MR) is 53.2 cm³/mol. The normalized spacial score (nSPS) is 10.9. The van der Waals surface area contributed by atoms with Crippen LogP contribution in [0.2, 0.25) is 0 Å². The van der Waals surface area contributed by atoms with Gasteiger partial charge in [0.2, 0.25) is 0 Å². The van der Waals surface area contributed by atoms with Crippen LogP contribution in [0.5, 0.6) is 0 Å². The van der Waals surface area contributed by atoms with Gasteiger partial charge in [-0.25, -0.2) is 4.39 Å². The maximum absolute atomic E-state index is 12.9. The molecule has 0 unspecified atom stereocenters. The van der Waals surface area contributed by atoms with Crippen molar-refractivity contribution < 1.29 is 4.39 Å². The molecule has 2 aromatic rings. The van der Waals surface area contributed by atoms with E-state index in [0.717, 1.165) is 10.9 Å². The van der Waals surface area contributed by atoms with Gasteiger partial charge in [-0.2, -0.15) is 0 Å². The van der Waals surface area contributed by atoms with E-state index < -0.39 is 0 Å². The first-order chi connectivity index (χ1) is 6.59. The molecule has 0 saturated carbocycles.